The van der Waals surface area contributed by atoms with Crippen molar-refractivity contribution >= 4 is 17.7 Å². The van der Waals surface area contributed by atoms with E-state index in [1.807, 2.05) is 0 Å². The number of nitrogens with one attached hydrogen (secondary N) is 1. The number of carbonyl (C=O) groups excluding carboxylic acids is 3. The lowest BCUT2D eigenvalue weighted by molar-refractivity contribution is -0.139. The summed E-state index contributed by atoms with van der Waals surface area (Å²) < 4.78 is 10.6. The number of hydrogen-bond donors (Lipinski definition) is 1. The Morgan fingerprint density at radius 1 is 0.964 bits per heavy atom. The molecular weight excluding hydrogens is 360 g/mol. The highest BCUT2D eigenvalue weighted by molar-refractivity contribution is 6.01. The summed E-state index contributed by atoms with van der Waals surface area (Å²) in [5.74, 6) is 0.943. The molecule has 1 aliphatic heterocycles. The molecule has 0 saturated carbocycles. The van der Waals surface area contributed by atoms with E-state index in [2.05, 4.69) is 5.32 Å². The molecular formula is C21H22N2O5. The maximum Gasteiger partial charge on any atom is 0.251 e. The highest BCUT2D eigenvalue weighted by atomic mass is 16.5. The molecule has 2 aromatic carbocycles. The van der Waals surface area contributed by atoms with Gasteiger partial charge in [-0.1, -0.05) is 12.1 Å². The standard InChI is InChI=1S/C21H22N2O5/c1-27-17-6-8-18(9-7-17)28-13-12-22-21(26)16-4-2-15(3-5-16)14-23-19(24)10-11-20(23)25/h2-9H,10-14H2,1H3,(H,22,26). The third kappa shape index (κ3) is 4.88. The molecule has 146 valence electrons. The molecule has 28 heavy (non-hydrogen) atoms. The van der Waals surface area contributed by atoms with E-state index in [0.717, 1.165) is 11.3 Å². The fourth-order valence-corrected chi connectivity index (χ4v) is 2.85. The molecule has 1 N–H and O–H groups in total. The fraction of sp³-hybridized carbons (Fsp3) is 0.286. The van der Waals surface area contributed by atoms with Gasteiger partial charge in [0.25, 0.3) is 5.91 Å². The van der Waals surface area contributed by atoms with Crippen LogP contribution in [0.25, 0.3) is 0 Å². The Hall–Kier alpha value is -3.35. The van der Waals surface area contributed by atoms with E-state index in [4.69, 9.17) is 9.47 Å². The van der Waals surface area contributed by atoms with Crippen molar-refractivity contribution in [2.24, 2.45) is 0 Å². The molecule has 0 spiro atoms. The first-order chi connectivity index (χ1) is 13.6. The van der Waals surface area contributed by atoms with Gasteiger partial charge in [-0.15, -0.1) is 0 Å². The van der Waals surface area contributed by atoms with E-state index in [9.17, 15) is 14.4 Å². The summed E-state index contributed by atoms with van der Waals surface area (Å²) in [6.45, 7) is 0.952. The van der Waals surface area contributed by atoms with Crippen LogP contribution in [0, 0.1) is 0 Å². The van der Waals surface area contributed by atoms with Crippen molar-refractivity contribution in [1.82, 2.24) is 10.2 Å². The average Bonchev–Trinajstić information content (AvgIpc) is 3.04. The second-order valence-corrected chi connectivity index (χ2v) is 6.35. The van der Waals surface area contributed by atoms with Crippen LogP contribution in [-0.4, -0.2) is 42.9 Å². The Labute approximate surface area is 163 Å². The van der Waals surface area contributed by atoms with Gasteiger partial charge in [-0.2, -0.15) is 0 Å². The van der Waals surface area contributed by atoms with Crippen molar-refractivity contribution in [3.8, 4) is 11.5 Å². The van der Waals surface area contributed by atoms with E-state index in [-0.39, 0.29) is 37.1 Å². The van der Waals surface area contributed by atoms with Crippen LogP contribution in [0.1, 0.15) is 28.8 Å². The van der Waals surface area contributed by atoms with Crippen molar-refractivity contribution in [2.75, 3.05) is 20.3 Å². The lowest BCUT2D eigenvalue weighted by Crippen LogP contribution is -2.29. The van der Waals surface area contributed by atoms with E-state index in [1.54, 1.807) is 55.6 Å². The number of hydrogen-bond acceptors (Lipinski definition) is 5. The quantitative estimate of drug-likeness (QED) is 0.559. The highest BCUT2D eigenvalue weighted by Gasteiger charge is 2.28. The maximum atomic E-state index is 12.2. The van der Waals surface area contributed by atoms with Crippen LogP contribution in [0.4, 0.5) is 0 Å². The lowest BCUT2D eigenvalue weighted by Gasteiger charge is -2.14. The van der Waals surface area contributed by atoms with Gasteiger partial charge >= 0.3 is 0 Å². The normalized spacial score (nSPS) is 13.5. The molecule has 1 aliphatic rings. The van der Waals surface area contributed by atoms with E-state index >= 15 is 0 Å². The zero-order valence-electron chi connectivity index (χ0n) is 15.6. The molecule has 0 atom stereocenters. The van der Waals surface area contributed by atoms with Crippen LogP contribution in [0.3, 0.4) is 0 Å². The first kappa shape index (κ1) is 19.4. The predicted octanol–water partition coefficient (Wildman–Crippen LogP) is 2.15. The number of methoxy groups -OCH3 is 1. The van der Waals surface area contributed by atoms with Crippen LogP contribution in [-0.2, 0) is 16.1 Å². The van der Waals surface area contributed by atoms with Crippen LogP contribution < -0.4 is 14.8 Å². The molecule has 0 aliphatic carbocycles. The van der Waals surface area contributed by atoms with Gasteiger partial charge in [0, 0.05) is 18.4 Å². The molecule has 0 bridgehead atoms. The van der Waals surface area contributed by atoms with E-state index in [1.165, 1.54) is 4.90 Å². The Morgan fingerprint density at radius 2 is 1.57 bits per heavy atom. The van der Waals surface area contributed by atoms with Gasteiger partial charge in [-0.3, -0.25) is 19.3 Å². The average molecular weight is 382 g/mol. The number of ether oxygens (including phenoxy) is 2. The van der Waals surface area contributed by atoms with Crippen molar-refractivity contribution < 1.29 is 23.9 Å². The number of likely N-dealkylation sites (tertiary alicyclic amines) is 1. The predicted molar refractivity (Wildman–Crippen MR) is 102 cm³/mol. The summed E-state index contributed by atoms with van der Waals surface area (Å²) in [6.07, 6.45) is 0.551. The Bertz CT molecular complexity index is 830. The minimum atomic E-state index is -0.210. The highest BCUT2D eigenvalue weighted by Crippen LogP contribution is 2.17. The third-order valence-corrected chi connectivity index (χ3v) is 4.43. The lowest BCUT2D eigenvalue weighted by atomic mass is 10.1. The molecule has 1 fully saturated rings. The zero-order chi connectivity index (χ0) is 19.9. The van der Waals surface area contributed by atoms with Gasteiger partial charge in [0.2, 0.25) is 11.8 Å². The summed E-state index contributed by atoms with van der Waals surface area (Å²) >= 11 is 0. The van der Waals surface area contributed by atoms with Crippen LogP contribution >= 0.6 is 0 Å². The molecule has 7 heteroatoms. The molecule has 0 aromatic heterocycles. The summed E-state index contributed by atoms with van der Waals surface area (Å²) in [5.41, 5.74) is 1.32. The Morgan fingerprint density at radius 3 is 2.18 bits per heavy atom. The maximum absolute atomic E-state index is 12.2. The first-order valence-corrected chi connectivity index (χ1v) is 9.04. The minimum absolute atomic E-state index is 0.149. The van der Waals surface area contributed by atoms with Crippen LogP contribution in [0.5, 0.6) is 11.5 Å². The molecule has 3 amide bonds. The van der Waals surface area contributed by atoms with Gasteiger partial charge in [0.1, 0.15) is 18.1 Å². The van der Waals surface area contributed by atoms with Crippen LogP contribution in [0.15, 0.2) is 48.5 Å². The van der Waals surface area contributed by atoms with Gasteiger partial charge in [0.15, 0.2) is 0 Å². The summed E-state index contributed by atoms with van der Waals surface area (Å²) in [6, 6.07) is 14.1. The van der Waals surface area contributed by atoms with Gasteiger partial charge in [0.05, 0.1) is 20.2 Å². The van der Waals surface area contributed by atoms with E-state index < -0.39 is 0 Å². The molecule has 1 heterocycles. The number of amides is 3. The number of nitrogens with zero attached hydrogens (tertiary/aromatic N) is 1. The van der Waals surface area contributed by atoms with Crippen molar-refractivity contribution in [3.05, 3.63) is 59.7 Å². The molecule has 0 unspecified atom stereocenters. The molecule has 1 saturated heterocycles. The van der Waals surface area contributed by atoms with E-state index in [0.29, 0.717) is 24.5 Å². The monoisotopic (exact) mass is 382 g/mol. The van der Waals surface area contributed by atoms with Crippen LogP contribution in [0.2, 0.25) is 0 Å². The number of carbonyl (C=O) groups is 3. The van der Waals surface area contributed by atoms with Crippen molar-refractivity contribution in [1.29, 1.82) is 0 Å². The summed E-state index contributed by atoms with van der Waals surface area (Å²) in [5, 5.41) is 2.79. The number of benzene rings is 2. The molecule has 3 rings (SSSR count). The van der Waals surface area contributed by atoms with Gasteiger partial charge in [-0.25, -0.2) is 0 Å². The zero-order valence-corrected chi connectivity index (χ0v) is 15.6. The first-order valence-electron chi connectivity index (χ1n) is 9.04. The summed E-state index contributed by atoms with van der Waals surface area (Å²) in [7, 11) is 1.60. The Kier molecular flexibility index (Phi) is 6.26. The van der Waals surface area contributed by atoms with Crippen molar-refractivity contribution in [3.63, 3.8) is 0 Å². The fourth-order valence-electron chi connectivity index (χ4n) is 2.85. The van der Waals surface area contributed by atoms with Gasteiger partial charge < -0.3 is 14.8 Å². The minimum Gasteiger partial charge on any atom is -0.497 e. The SMILES string of the molecule is COc1ccc(OCCNC(=O)c2ccc(CN3C(=O)CCC3=O)cc2)cc1. The molecule has 2 aromatic rings. The van der Waals surface area contributed by atoms with Crippen molar-refractivity contribution in [2.45, 2.75) is 19.4 Å². The largest absolute Gasteiger partial charge is 0.497 e. The Balaban J connectivity index is 1.44. The second-order valence-electron chi connectivity index (χ2n) is 6.35. The topological polar surface area (TPSA) is 84.9 Å². The number of rotatable bonds is 8. The number of imide groups is 1. The summed E-state index contributed by atoms with van der Waals surface area (Å²) in [4.78, 5) is 36.8. The van der Waals surface area contributed by atoms with Gasteiger partial charge in [-0.05, 0) is 42.0 Å². The third-order valence-electron chi connectivity index (χ3n) is 4.43. The molecule has 7 nitrogen and oxygen atoms in total. The molecule has 0 radical (unpaired) electrons. The second kappa shape index (κ2) is 9.03. The smallest absolute Gasteiger partial charge is 0.251 e.